The van der Waals surface area contributed by atoms with Gasteiger partial charge in [0.1, 0.15) is 11.5 Å². The van der Waals surface area contributed by atoms with Gasteiger partial charge in [0, 0.05) is 6.54 Å². The molecule has 0 radical (unpaired) electrons. The minimum atomic E-state index is -3.71. The van der Waals surface area contributed by atoms with E-state index in [4.69, 9.17) is 9.47 Å². The van der Waals surface area contributed by atoms with E-state index >= 15 is 0 Å². The molecule has 0 fully saturated rings. The summed E-state index contributed by atoms with van der Waals surface area (Å²) in [4.78, 5) is 12.6. The number of rotatable bonds is 8. The van der Waals surface area contributed by atoms with Gasteiger partial charge in [0.05, 0.1) is 23.7 Å². The average Bonchev–Trinajstić information content (AvgIpc) is 2.87. The van der Waals surface area contributed by atoms with Gasteiger partial charge in [-0.05, 0) is 79.8 Å². The number of sulfonamides is 1. The summed E-state index contributed by atoms with van der Waals surface area (Å²) in [6.07, 6.45) is 1.65. The number of carbonyl (C=O) groups is 1. The largest absolute Gasteiger partial charge is 0.497 e. The van der Waals surface area contributed by atoms with E-state index in [1.165, 1.54) is 10.4 Å². The van der Waals surface area contributed by atoms with E-state index < -0.39 is 10.0 Å². The minimum Gasteiger partial charge on any atom is -0.497 e. The highest BCUT2D eigenvalue weighted by Gasteiger charge is 2.29. The van der Waals surface area contributed by atoms with Crippen molar-refractivity contribution in [2.24, 2.45) is 0 Å². The van der Waals surface area contributed by atoms with Gasteiger partial charge in [0.2, 0.25) is 0 Å². The molecule has 7 nitrogen and oxygen atoms in total. The van der Waals surface area contributed by atoms with Gasteiger partial charge in [-0.2, -0.15) is 0 Å². The second kappa shape index (κ2) is 10.4. The van der Waals surface area contributed by atoms with Crippen molar-refractivity contribution >= 4 is 21.6 Å². The summed E-state index contributed by atoms with van der Waals surface area (Å²) < 4.78 is 39.1. The third kappa shape index (κ3) is 5.43. The van der Waals surface area contributed by atoms with E-state index in [-0.39, 0.29) is 23.5 Å². The van der Waals surface area contributed by atoms with Crippen molar-refractivity contribution in [3.63, 3.8) is 0 Å². The molecule has 0 saturated heterocycles. The Balaban J connectivity index is 1.41. The van der Waals surface area contributed by atoms with E-state index in [2.05, 4.69) is 5.32 Å². The first-order valence-electron chi connectivity index (χ1n) is 11.6. The van der Waals surface area contributed by atoms with Crippen LogP contribution in [0.4, 0.5) is 5.69 Å². The summed E-state index contributed by atoms with van der Waals surface area (Å²) in [5, 5.41) is 2.90. The van der Waals surface area contributed by atoms with Crippen molar-refractivity contribution in [3.8, 4) is 11.5 Å². The molecule has 0 saturated carbocycles. The molecule has 3 aromatic rings. The van der Waals surface area contributed by atoms with Crippen LogP contribution in [-0.2, 0) is 21.2 Å². The Labute approximate surface area is 206 Å². The topological polar surface area (TPSA) is 84.9 Å². The number of amides is 1. The van der Waals surface area contributed by atoms with Crippen LogP contribution in [0, 0.1) is 6.92 Å². The highest BCUT2D eigenvalue weighted by Crippen LogP contribution is 2.33. The Morgan fingerprint density at radius 3 is 2.54 bits per heavy atom. The van der Waals surface area contributed by atoms with Gasteiger partial charge in [-0.1, -0.05) is 30.3 Å². The Morgan fingerprint density at radius 2 is 1.83 bits per heavy atom. The van der Waals surface area contributed by atoms with Crippen molar-refractivity contribution in [2.75, 3.05) is 24.6 Å². The van der Waals surface area contributed by atoms with Crippen LogP contribution in [0.25, 0.3) is 0 Å². The Kier molecular flexibility index (Phi) is 7.31. The van der Waals surface area contributed by atoms with E-state index in [9.17, 15) is 13.2 Å². The molecule has 0 unspecified atom stereocenters. The molecule has 1 aliphatic rings. The lowest BCUT2D eigenvalue weighted by Gasteiger charge is -2.30. The second-order valence-electron chi connectivity index (χ2n) is 8.59. The molecular formula is C27H30N2O5S. The van der Waals surface area contributed by atoms with Crippen LogP contribution in [0.3, 0.4) is 0 Å². The van der Waals surface area contributed by atoms with E-state index in [0.717, 1.165) is 35.4 Å². The fourth-order valence-corrected chi connectivity index (χ4v) is 5.85. The predicted molar refractivity (Wildman–Crippen MR) is 136 cm³/mol. The molecule has 184 valence electrons. The lowest BCUT2D eigenvalue weighted by Crippen LogP contribution is -2.35. The number of benzene rings is 3. The van der Waals surface area contributed by atoms with Crippen molar-refractivity contribution in [3.05, 3.63) is 83.4 Å². The fourth-order valence-electron chi connectivity index (χ4n) is 4.22. The Morgan fingerprint density at radius 1 is 1.09 bits per heavy atom. The number of carbonyl (C=O) groups excluding carboxylic acids is 1. The van der Waals surface area contributed by atoms with Crippen LogP contribution >= 0.6 is 0 Å². The normalized spacial score (nSPS) is 14.1. The molecule has 0 spiro atoms. The quantitative estimate of drug-likeness (QED) is 0.502. The highest BCUT2D eigenvalue weighted by molar-refractivity contribution is 7.92. The smallest absolute Gasteiger partial charge is 0.264 e. The number of ether oxygens (including phenoxy) is 2. The molecule has 0 aromatic heterocycles. The van der Waals surface area contributed by atoms with Crippen molar-refractivity contribution < 1.29 is 22.7 Å². The molecule has 3 aromatic carbocycles. The summed E-state index contributed by atoms with van der Waals surface area (Å²) in [6.45, 7) is 3.94. The first kappa shape index (κ1) is 24.6. The van der Waals surface area contributed by atoms with Gasteiger partial charge in [0.25, 0.3) is 15.9 Å². The van der Waals surface area contributed by atoms with Gasteiger partial charge in [-0.25, -0.2) is 8.42 Å². The number of fused-ring (bicyclic) bond motifs is 1. The molecule has 0 bridgehead atoms. The minimum absolute atomic E-state index is 0.174. The highest BCUT2D eigenvalue weighted by atomic mass is 32.2. The van der Waals surface area contributed by atoms with E-state index in [1.54, 1.807) is 26.2 Å². The molecule has 35 heavy (non-hydrogen) atoms. The molecular weight excluding hydrogens is 464 g/mol. The van der Waals surface area contributed by atoms with Crippen LogP contribution in [-0.4, -0.2) is 34.6 Å². The zero-order valence-corrected chi connectivity index (χ0v) is 21.0. The van der Waals surface area contributed by atoms with Crippen molar-refractivity contribution in [2.45, 2.75) is 37.6 Å². The number of anilines is 1. The second-order valence-corrected chi connectivity index (χ2v) is 10.5. The standard InChI is InChI=1S/C27H30N2O5S/c1-19-17-24(35(31,32)29-16-6-8-22-7-4-5-9-25(22)29)14-15-26(19)34-18-27(30)28-20(2)21-10-12-23(33-3)13-11-21/h4-5,7,9-15,17,20H,6,8,16,18H2,1-3H3,(H,28,30)/t20-/m0/s1. The monoisotopic (exact) mass is 494 g/mol. The number of hydrogen-bond donors (Lipinski definition) is 1. The number of aryl methyl sites for hydroxylation is 2. The third-order valence-corrected chi connectivity index (χ3v) is 7.96. The van der Waals surface area contributed by atoms with Gasteiger partial charge in [-0.3, -0.25) is 9.10 Å². The maximum Gasteiger partial charge on any atom is 0.264 e. The number of methoxy groups -OCH3 is 1. The maximum atomic E-state index is 13.4. The number of hydrogen-bond acceptors (Lipinski definition) is 5. The molecule has 0 aliphatic carbocycles. The zero-order valence-electron chi connectivity index (χ0n) is 20.2. The molecule has 4 rings (SSSR count). The summed E-state index contributed by atoms with van der Waals surface area (Å²) in [6, 6.07) is 19.6. The molecule has 1 aliphatic heterocycles. The molecule has 8 heteroatoms. The van der Waals surface area contributed by atoms with E-state index in [1.807, 2.05) is 55.5 Å². The number of nitrogens with zero attached hydrogens (tertiary/aromatic N) is 1. The van der Waals surface area contributed by atoms with Crippen LogP contribution in [0.15, 0.2) is 71.6 Å². The first-order valence-corrected chi connectivity index (χ1v) is 13.0. The Bertz CT molecular complexity index is 1310. The molecule has 1 atom stereocenters. The summed E-state index contributed by atoms with van der Waals surface area (Å²) in [5.74, 6) is 0.950. The van der Waals surface area contributed by atoms with Crippen LogP contribution < -0.4 is 19.1 Å². The maximum absolute atomic E-state index is 13.4. The average molecular weight is 495 g/mol. The lowest BCUT2D eigenvalue weighted by molar-refractivity contribution is -0.123. The fraction of sp³-hybridized carbons (Fsp3) is 0.296. The SMILES string of the molecule is COc1ccc([C@H](C)NC(=O)COc2ccc(S(=O)(=O)N3CCCc4ccccc43)cc2C)cc1. The first-order chi connectivity index (χ1) is 16.8. The molecule has 1 N–H and O–H groups in total. The number of nitrogens with one attached hydrogen (secondary N) is 1. The third-order valence-electron chi connectivity index (χ3n) is 6.15. The summed E-state index contributed by atoms with van der Waals surface area (Å²) in [7, 11) is -2.10. The van der Waals surface area contributed by atoms with Gasteiger partial charge in [-0.15, -0.1) is 0 Å². The van der Waals surface area contributed by atoms with Crippen molar-refractivity contribution in [1.82, 2.24) is 5.32 Å². The Hall–Kier alpha value is -3.52. The molecule has 1 heterocycles. The van der Waals surface area contributed by atoms with Crippen LogP contribution in [0.5, 0.6) is 11.5 Å². The van der Waals surface area contributed by atoms with Gasteiger partial charge in [0.15, 0.2) is 6.61 Å². The molecule has 1 amide bonds. The summed E-state index contributed by atoms with van der Waals surface area (Å²) in [5.41, 5.74) is 3.37. The van der Waals surface area contributed by atoms with Crippen LogP contribution in [0.1, 0.15) is 36.1 Å². The van der Waals surface area contributed by atoms with E-state index in [0.29, 0.717) is 17.9 Å². The predicted octanol–water partition coefficient (Wildman–Crippen LogP) is 4.40. The van der Waals surface area contributed by atoms with Crippen molar-refractivity contribution in [1.29, 1.82) is 0 Å². The number of para-hydroxylation sites is 1. The van der Waals surface area contributed by atoms with Gasteiger partial charge >= 0.3 is 0 Å². The zero-order chi connectivity index (χ0) is 25.0. The lowest BCUT2D eigenvalue weighted by atomic mass is 10.0. The van der Waals surface area contributed by atoms with Crippen LogP contribution in [0.2, 0.25) is 0 Å². The van der Waals surface area contributed by atoms with Gasteiger partial charge < -0.3 is 14.8 Å². The summed E-state index contributed by atoms with van der Waals surface area (Å²) >= 11 is 0.